The van der Waals surface area contributed by atoms with Gasteiger partial charge in [0.25, 0.3) is 10.0 Å². The predicted molar refractivity (Wildman–Crippen MR) is 112 cm³/mol. The summed E-state index contributed by atoms with van der Waals surface area (Å²) in [6.07, 6.45) is 6.87. The lowest BCUT2D eigenvalue weighted by Gasteiger charge is -2.11. The molecule has 146 valence electrons. The molecule has 3 aromatic rings. The van der Waals surface area contributed by atoms with E-state index in [1.54, 1.807) is 12.3 Å². The molecule has 6 heteroatoms. The third kappa shape index (κ3) is 3.69. The molecule has 0 bridgehead atoms. The van der Waals surface area contributed by atoms with Gasteiger partial charge in [0.15, 0.2) is 0 Å². The number of nitrogens with zero attached hydrogens (tertiary/aromatic N) is 2. The van der Waals surface area contributed by atoms with Crippen molar-refractivity contribution in [3.05, 3.63) is 66.4 Å². The fourth-order valence-corrected chi connectivity index (χ4v) is 5.11. The second-order valence-corrected chi connectivity index (χ2v) is 8.89. The highest BCUT2D eigenvalue weighted by Crippen LogP contribution is 2.34. The molecule has 1 aromatic heterocycles. The molecule has 1 aliphatic carbocycles. The van der Waals surface area contributed by atoms with Gasteiger partial charge in [0.1, 0.15) is 10.6 Å². The van der Waals surface area contributed by atoms with Crippen molar-refractivity contribution in [2.45, 2.75) is 50.0 Å². The minimum absolute atomic E-state index is 0.233. The fourth-order valence-electron chi connectivity index (χ4n) is 3.85. The van der Waals surface area contributed by atoms with E-state index in [9.17, 15) is 8.42 Å². The molecule has 1 N–H and O–H groups in total. The summed E-state index contributed by atoms with van der Waals surface area (Å²) >= 11 is 0. The summed E-state index contributed by atoms with van der Waals surface area (Å²) in [5.41, 5.74) is 2.91. The molecule has 1 saturated carbocycles. The number of para-hydroxylation sites is 1. The number of hydrogen-bond donors (Lipinski definition) is 1. The second kappa shape index (κ2) is 7.80. The minimum atomic E-state index is -3.77. The van der Waals surface area contributed by atoms with Crippen molar-refractivity contribution < 1.29 is 8.42 Å². The van der Waals surface area contributed by atoms with Gasteiger partial charge in [0.2, 0.25) is 0 Å². The van der Waals surface area contributed by atoms with Crippen molar-refractivity contribution >= 4 is 15.7 Å². The number of hydrogen-bond acceptors (Lipinski definition) is 3. The molecular weight excluding hydrogens is 370 g/mol. The minimum Gasteiger partial charge on any atom is -0.279 e. The average molecular weight is 396 g/mol. The van der Waals surface area contributed by atoms with Crippen molar-refractivity contribution in [2.24, 2.45) is 0 Å². The van der Waals surface area contributed by atoms with Crippen molar-refractivity contribution in [3.8, 4) is 11.3 Å². The molecular formula is C22H25N3O2S. The van der Waals surface area contributed by atoms with Crippen LogP contribution >= 0.6 is 0 Å². The van der Waals surface area contributed by atoms with Crippen molar-refractivity contribution in [3.63, 3.8) is 0 Å². The Morgan fingerprint density at radius 1 is 1.04 bits per heavy atom. The second-order valence-electron chi connectivity index (χ2n) is 7.24. The van der Waals surface area contributed by atoms with Crippen LogP contribution in [-0.2, 0) is 16.4 Å². The van der Waals surface area contributed by atoms with Crippen LogP contribution in [0, 0.1) is 0 Å². The van der Waals surface area contributed by atoms with E-state index in [2.05, 4.69) is 4.72 Å². The molecule has 2 aromatic carbocycles. The summed E-state index contributed by atoms with van der Waals surface area (Å²) in [6.45, 7) is 2.01. The predicted octanol–water partition coefficient (Wildman–Crippen LogP) is 5.03. The highest BCUT2D eigenvalue weighted by atomic mass is 32.2. The van der Waals surface area contributed by atoms with E-state index in [1.165, 1.54) is 0 Å². The zero-order valence-electron chi connectivity index (χ0n) is 16.0. The normalized spacial score (nSPS) is 15.0. The van der Waals surface area contributed by atoms with E-state index < -0.39 is 10.0 Å². The average Bonchev–Trinajstić information content (AvgIpc) is 3.39. The Morgan fingerprint density at radius 2 is 1.71 bits per heavy atom. The Hall–Kier alpha value is -2.60. The van der Waals surface area contributed by atoms with Gasteiger partial charge in [0.05, 0.1) is 11.7 Å². The molecule has 1 fully saturated rings. The Bertz CT molecular complexity index is 1050. The van der Waals surface area contributed by atoms with E-state index in [1.807, 2.05) is 60.1 Å². The van der Waals surface area contributed by atoms with E-state index in [-0.39, 0.29) is 10.9 Å². The first kappa shape index (κ1) is 18.7. The van der Waals surface area contributed by atoms with Crippen LogP contribution in [0.5, 0.6) is 0 Å². The van der Waals surface area contributed by atoms with Crippen molar-refractivity contribution in [2.75, 3.05) is 4.72 Å². The van der Waals surface area contributed by atoms with Crippen LogP contribution in [0.2, 0.25) is 0 Å². The smallest absolute Gasteiger partial charge is 0.265 e. The maximum Gasteiger partial charge on any atom is 0.265 e. The highest BCUT2D eigenvalue weighted by Gasteiger charge is 2.27. The molecule has 1 aliphatic rings. The van der Waals surface area contributed by atoms with Gasteiger partial charge in [-0.05, 0) is 30.9 Å². The summed E-state index contributed by atoms with van der Waals surface area (Å²) in [6, 6.07) is 17.3. The van der Waals surface area contributed by atoms with Crippen LogP contribution in [0.1, 0.15) is 44.2 Å². The van der Waals surface area contributed by atoms with Gasteiger partial charge in [-0.1, -0.05) is 68.3 Å². The SMILES string of the molecule is CCc1ccccc1NS(=O)(=O)c1cn(C2CCCC2)nc1-c1ccccc1. The summed E-state index contributed by atoms with van der Waals surface area (Å²) < 4.78 is 31.3. The first-order valence-electron chi connectivity index (χ1n) is 9.84. The highest BCUT2D eigenvalue weighted by molar-refractivity contribution is 7.92. The van der Waals surface area contributed by atoms with E-state index in [0.717, 1.165) is 43.2 Å². The van der Waals surface area contributed by atoms with E-state index in [4.69, 9.17) is 5.10 Å². The number of benzene rings is 2. The molecule has 5 nitrogen and oxygen atoms in total. The first-order valence-corrected chi connectivity index (χ1v) is 11.3. The molecule has 1 heterocycles. The Labute approximate surface area is 166 Å². The maximum absolute atomic E-state index is 13.3. The molecule has 28 heavy (non-hydrogen) atoms. The Balaban J connectivity index is 1.78. The molecule has 0 unspecified atom stereocenters. The van der Waals surface area contributed by atoms with Crippen LogP contribution in [-0.4, -0.2) is 18.2 Å². The molecule has 0 aliphatic heterocycles. The number of anilines is 1. The zero-order valence-corrected chi connectivity index (χ0v) is 16.8. The summed E-state index contributed by atoms with van der Waals surface area (Å²) in [7, 11) is -3.77. The number of aromatic nitrogens is 2. The molecule has 0 atom stereocenters. The van der Waals surface area contributed by atoms with Gasteiger partial charge in [-0.3, -0.25) is 9.40 Å². The fraction of sp³-hybridized carbons (Fsp3) is 0.318. The van der Waals surface area contributed by atoms with Crippen LogP contribution in [0.15, 0.2) is 65.7 Å². The van der Waals surface area contributed by atoms with Gasteiger partial charge in [-0.15, -0.1) is 0 Å². The standard InChI is InChI=1S/C22H25N3O2S/c1-2-17-10-6-9-15-20(17)24-28(26,27)21-16-25(19-13-7-8-14-19)23-22(21)18-11-4-3-5-12-18/h3-6,9-12,15-16,19,24H,2,7-8,13-14H2,1H3. The first-order chi connectivity index (χ1) is 13.6. The van der Waals surface area contributed by atoms with Crippen LogP contribution in [0.25, 0.3) is 11.3 Å². The van der Waals surface area contributed by atoms with Gasteiger partial charge in [-0.25, -0.2) is 8.42 Å². The summed E-state index contributed by atoms with van der Waals surface area (Å²) in [5, 5.41) is 4.71. The van der Waals surface area contributed by atoms with Crippen LogP contribution in [0.3, 0.4) is 0 Å². The topological polar surface area (TPSA) is 64.0 Å². The Kier molecular flexibility index (Phi) is 5.22. The van der Waals surface area contributed by atoms with Crippen molar-refractivity contribution in [1.29, 1.82) is 0 Å². The Morgan fingerprint density at radius 3 is 2.43 bits per heavy atom. The number of rotatable bonds is 6. The summed E-state index contributed by atoms with van der Waals surface area (Å²) in [5.74, 6) is 0. The van der Waals surface area contributed by atoms with Crippen molar-refractivity contribution in [1.82, 2.24) is 9.78 Å². The lowest BCUT2D eigenvalue weighted by Crippen LogP contribution is -2.14. The molecule has 0 amide bonds. The van der Waals surface area contributed by atoms with Gasteiger partial charge in [0, 0.05) is 11.8 Å². The monoisotopic (exact) mass is 395 g/mol. The number of nitrogens with one attached hydrogen (secondary N) is 1. The third-order valence-corrected chi connectivity index (χ3v) is 6.74. The third-order valence-electron chi connectivity index (χ3n) is 5.38. The summed E-state index contributed by atoms with van der Waals surface area (Å²) in [4.78, 5) is 0.233. The van der Waals surface area contributed by atoms with Gasteiger partial charge >= 0.3 is 0 Å². The van der Waals surface area contributed by atoms with Gasteiger partial charge in [-0.2, -0.15) is 5.10 Å². The quantitative estimate of drug-likeness (QED) is 0.637. The van der Waals surface area contributed by atoms with E-state index in [0.29, 0.717) is 11.4 Å². The molecule has 0 spiro atoms. The largest absolute Gasteiger partial charge is 0.279 e. The number of sulfonamides is 1. The maximum atomic E-state index is 13.3. The molecule has 0 saturated heterocycles. The van der Waals surface area contributed by atoms with Crippen LogP contribution < -0.4 is 4.72 Å². The number of aryl methyl sites for hydroxylation is 1. The lowest BCUT2D eigenvalue weighted by molar-refractivity contribution is 0.467. The zero-order chi connectivity index (χ0) is 19.6. The molecule has 0 radical (unpaired) electrons. The molecule has 4 rings (SSSR count). The van der Waals surface area contributed by atoms with E-state index >= 15 is 0 Å². The van der Waals surface area contributed by atoms with Crippen LogP contribution in [0.4, 0.5) is 5.69 Å². The lowest BCUT2D eigenvalue weighted by atomic mass is 10.1. The van der Waals surface area contributed by atoms with Gasteiger partial charge < -0.3 is 0 Å².